The van der Waals surface area contributed by atoms with Gasteiger partial charge in [-0.2, -0.15) is 0 Å². The lowest BCUT2D eigenvalue weighted by molar-refractivity contribution is 0.479. The number of nitrogens with zero attached hydrogens (tertiary/aromatic N) is 1. The van der Waals surface area contributed by atoms with Gasteiger partial charge in [0.1, 0.15) is 11.5 Å². The first-order valence-corrected chi connectivity index (χ1v) is 6.23. The maximum atomic E-state index is 5.88. The summed E-state index contributed by atoms with van der Waals surface area (Å²) in [6, 6.07) is 11.5. The first kappa shape index (κ1) is 13.1. The Morgan fingerprint density at radius 2 is 1.84 bits per heavy atom. The molecule has 0 aliphatic rings. The van der Waals surface area contributed by atoms with E-state index in [2.05, 4.69) is 4.99 Å². The molecule has 98 valence electrons. The van der Waals surface area contributed by atoms with Gasteiger partial charge in [0.05, 0.1) is 5.69 Å². The summed E-state index contributed by atoms with van der Waals surface area (Å²) < 4.78 is 5.88. The van der Waals surface area contributed by atoms with E-state index in [4.69, 9.17) is 10.5 Å². The maximum Gasteiger partial charge on any atom is 0.130 e. The number of benzene rings is 2. The number of hydrogen-bond donors (Lipinski definition) is 1. The van der Waals surface area contributed by atoms with Gasteiger partial charge >= 0.3 is 0 Å². The van der Waals surface area contributed by atoms with Crippen LogP contribution >= 0.6 is 0 Å². The largest absolute Gasteiger partial charge is 0.457 e. The highest BCUT2D eigenvalue weighted by atomic mass is 16.5. The van der Waals surface area contributed by atoms with Crippen molar-refractivity contribution in [3.05, 3.63) is 47.5 Å². The zero-order chi connectivity index (χ0) is 13.8. The second kappa shape index (κ2) is 5.57. The standard InChI is InChI=1S/C16H18N2O/c1-4-18-15-10-14(7-5-11(15)2)19-16-8-6-13(17)9-12(16)3/h4-10H,17H2,1-3H3. The number of nitrogens with two attached hydrogens (primary N) is 1. The predicted molar refractivity (Wildman–Crippen MR) is 80.7 cm³/mol. The minimum absolute atomic E-state index is 0.741. The SMILES string of the molecule is CC=Nc1cc(Oc2ccc(N)cc2C)ccc1C. The van der Waals surface area contributed by atoms with Crippen molar-refractivity contribution in [1.29, 1.82) is 0 Å². The fourth-order valence-electron chi connectivity index (χ4n) is 1.84. The number of aryl methyl sites for hydroxylation is 2. The molecule has 19 heavy (non-hydrogen) atoms. The number of ether oxygens (including phenoxy) is 1. The van der Waals surface area contributed by atoms with Gasteiger partial charge < -0.3 is 10.5 Å². The fraction of sp³-hybridized carbons (Fsp3) is 0.188. The highest BCUT2D eigenvalue weighted by Crippen LogP contribution is 2.30. The molecule has 0 saturated carbocycles. The van der Waals surface area contributed by atoms with Gasteiger partial charge in [0.15, 0.2) is 0 Å². The molecule has 0 spiro atoms. The van der Waals surface area contributed by atoms with Crippen LogP contribution in [0.15, 0.2) is 41.4 Å². The number of nitrogen functional groups attached to an aromatic ring is 1. The summed E-state index contributed by atoms with van der Waals surface area (Å²) in [5.41, 5.74) is 9.53. The minimum Gasteiger partial charge on any atom is -0.457 e. The van der Waals surface area contributed by atoms with E-state index in [9.17, 15) is 0 Å². The van der Waals surface area contributed by atoms with Crippen LogP contribution in [0.1, 0.15) is 18.1 Å². The molecule has 2 aromatic carbocycles. The van der Waals surface area contributed by atoms with E-state index in [-0.39, 0.29) is 0 Å². The third-order valence-corrected chi connectivity index (χ3v) is 2.88. The van der Waals surface area contributed by atoms with Crippen LogP contribution in [0, 0.1) is 13.8 Å². The summed E-state index contributed by atoms with van der Waals surface area (Å²) in [5.74, 6) is 1.59. The van der Waals surface area contributed by atoms with Gasteiger partial charge in [-0.1, -0.05) is 6.07 Å². The Bertz CT molecular complexity index is 618. The first-order chi connectivity index (χ1) is 9.10. The maximum absolute atomic E-state index is 5.88. The Morgan fingerprint density at radius 3 is 2.53 bits per heavy atom. The lowest BCUT2D eigenvalue weighted by Crippen LogP contribution is -1.91. The van der Waals surface area contributed by atoms with E-state index in [0.717, 1.165) is 34.0 Å². The number of aliphatic imine (C=N–C) groups is 1. The van der Waals surface area contributed by atoms with Crippen molar-refractivity contribution in [3.8, 4) is 11.5 Å². The van der Waals surface area contributed by atoms with E-state index in [0.29, 0.717) is 0 Å². The lowest BCUT2D eigenvalue weighted by atomic mass is 10.2. The van der Waals surface area contributed by atoms with Gasteiger partial charge in [0, 0.05) is 18.0 Å². The number of hydrogen-bond acceptors (Lipinski definition) is 3. The molecule has 0 aromatic heterocycles. The average molecular weight is 254 g/mol. The molecule has 0 heterocycles. The second-order valence-corrected chi connectivity index (χ2v) is 4.46. The Hall–Kier alpha value is -2.29. The summed E-state index contributed by atoms with van der Waals surface area (Å²) in [7, 11) is 0. The van der Waals surface area contributed by atoms with Gasteiger partial charge in [-0.05, 0) is 56.2 Å². The van der Waals surface area contributed by atoms with Crippen molar-refractivity contribution in [2.24, 2.45) is 4.99 Å². The van der Waals surface area contributed by atoms with Gasteiger partial charge in [-0.25, -0.2) is 0 Å². The Morgan fingerprint density at radius 1 is 1.05 bits per heavy atom. The van der Waals surface area contributed by atoms with Crippen molar-refractivity contribution >= 4 is 17.6 Å². The highest BCUT2D eigenvalue weighted by molar-refractivity contribution is 5.63. The molecular formula is C16H18N2O. The molecule has 0 aliphatic carbocycles. The normalized spacial score (nSPS) is 10.9. The van der Waals surface area contributed by atoms with Crippen LogP contribution in [0.4, 0.5) is 11.4 Å². The van der Waals surface area contributed by atoms with Crippen LogP contribution in [0.3, 0.4) is 0 Å². The molecule has 3 heteroatoms. The summed E-state index contributed by atoms with van der Waals surface area (Å²) >= 11 is 0. The molecule has 0 atom stereocenters. The summed E-state index contributed by atoms with van der Waals surface area (Å²) in [6.07, 6.45) is 1.78. The van der Waals surface area contributed by atoms with Gasteiger partial charge in [0.2, 0.25) is 0 Å². The second-order valence-electron chi connectivity index (χ2n) is 4.46. The number of rotatable bonds is 3. The van der Waals surface area contributed by atoms with Crippen LogP contribution in [0.2, 0.25) is 0 Å². The average Bonchev–Trinajstić information content (AvgIpc) is 2.37. The van der Waals surface area contributed by atoms with E-state index in [1.165, 1.54) is 0 Å². The summed E-state index contributed by atoms with van der Waals surface area (Å²) in [4.78, 5) is 4.32. The van der Waals surface area contributed by atoms with Crippen molar-refractivity contribution in [3.63, 3.8) is 0 Å². The molecule has 0 unspecified atom stereocenters. The third-order valence-electron chi connectivity index (χ3n) is 2.88. The molecule has 0 radical (unpaired) electrons. The lowest BCUT2D eigenvalue weighted by Gasteiger charge is -2.10. The smallest absolute Gasteiger partial charge is 0.130 e. The van der Waals surface area contributed by atoms with E-state index < -0.39 is 0 Å². The molecule has 0 aliphatic heterocycles. The highest BCUT2D eigenvalue weighted by Gasteiger charge is 2.04. The van der Waals surface area contributed by atoms with E-state index in [1.807, 2.05) is 57.2 Å². The molecule has 3 nitrogen and oxygen atoms in total. The molecule has 0 fully saturated rings. The van der Waals surface area contributed by atoms with Crippen LogP contribution in [0.5, 0.6) is 11.5 Å². The first-order valence-electron chi connectivity index (χ1n) is 6.23. The van der Waals surface area contributed by atoms with Crippen LogP contribution in [-0.4, -0.2) is 6.21 Å². The Balaban J connectivity index is 2.30. The molecule has 0 bridgehead atoms. The Labute approximate surface area is 113 Å². The van der Waals surface area contributed by atoms with Crippen LogP contribution < -0.4 is 10.5 Å². The molecule has 2 N–H and O–H groups in total. The summed E-state index contributed by atoms with van der Waals surface area (Å²) in [6.45, 7) is 5.91. The van der Waals surface area contributed by atoms with Crippen molar-refractivity contribution < 1.29 is 4.74 Å². The molecular weight excluding hydrogens is 236 g/mol. The topological polar surface area (TPSA) is 47.6 Å². The van der Waals surface area contributed by atoms with Crippen molar-refractivity contribution in [2.75, 3.05) is 5.73 Å². The van der Waals surface area contributed by atoms with Crippen LogP contribution in [-0.2, 0) is 0 Å². The van der Waals surface area contributed by atoms with Gasteiger partial charge in [-0.15, -0.1) is 0 Å². The van der Waals surface area contributed by atoms with Crippen molar-refractivity contribution in [1.82, 2.24) is 0 Å². The van der Waals surface area contributed by atoms with Crippen molar-refractivity contribution in [2.45, 2.75) is 20.8 Å². The van der Waals surface area contributed by atoms with Crippen LogP contribution in [0.25, 0.3) is 0 Å². The minimum atomic E-state index is 0.741. The fourth-order valence-corrected chi connectivity index (χ4v) is 1.84. The molecule has 2 aromatic rings. The Kier molecular flexibility index (Phi) is 3.85. The van der Waals surface area contributed by atoms with Gasteiger partial charge in [0.25, 0.3) is 0 Å². The predicted octanol–water partition coefficient (Wildman–Crippen LogP) is 4.40. The molecule has 0 saturated heterocycles. The zero-order valence-corrected chi connectivity index (χ0v) is 11.5. The number of anilines is 1. The molecule has 0 amide bonds. The zero-order valence-electron chi connectivity index (χ0n) is 11.5. The molecule has 2 rings (SSSR count). The van der Waals surface area contributed by atoms with Gasteiger partial charge in [-0.3, -0.25) is 4.99 Å². The third kappa shape index (κ3) is 3.13. The monoisotopic (exact) mass is 254 g/mol. The summed E-state index contributed by atoms with van der Waals surface area (Å²) in [5, 5.41) is 0. The quantitative estimate of drug-likeness (QED) is 0.651. The van der Waals surface area contributed by atoms with E-state index in [1.54, 1.807) is 6.21 Å². The van der Waals surface area contributed by atoms with E-state index >= 15 is 0 Å².